The molecule has 0 radical (unpaired) electrons. The van der Waals surface area contributed by atoms with Crippen molar-refractivity contribution in [3.63, 3.8) is 0 Å². The average molecular weight is 495 g/mol. The van der Waals surface area contributed by atoms with Gasteiger partial charge in [0.05, 0.1) is 12.2 Å². The maximum Gasteiger partial charge on any atom is 0.334 e. The van der Waals surface area contributed by atoms with Gasteiger partial charge in [0.25, 0.3) is 0 Å². The van der Waals surface area contributed by atoms with E-state index in [1.807, 2.05) is 0 Å². The highest BCUT2D eigenvalue weighted by atomic mass is 16.6. The summed E-state index contributed by atoms with van der Waals surface area (Å²) in [6.45, 7) is 15.2. The van der Waals surface area contributed by atoms with Gasteiger partial charge in [0.2, 0.25) is 0 Å². The minimum atomic E-state index is -0.651. The van der Waals surface area contributed by atoms with E-state index in [-0.39, 0.29) is 28.8 Å². The Morgan fingerprint density at radius 3 is 2.61 bits per heavy atom. The number of hydrogen-bond donors (Lipinski definition) is 2. The SMILES string of the molecule is C=C1/C(=C\C=C2/CCC[C@]3(C)[C@@H]([C@H](C)C[C@@H]4OC(=O)C(=C)C45CC5)CC[C@@H]23)C[C@@H](O)[C@H](CCC)[C@@H]1O. The van der Waals surface area contributed by atoms with E-state index in [0.717, 1.165) is 49.7 Å². The molecule has 4 nitrogen and oxygen atoms in total. The molecule has 0 bridgehead atoms. The van der Waals surface area contributed by atoms with Gasteiger partial charge >= 0.3 is 5.97 Å². The fraction of sp³-hybridized carbons (Fsp3) is 0.719. The standard InChI is InChI=1S/C32H46O4/c1-6-8-24-27(33)18-23(20(3)29(24)34)11-10-22-9-7-14-31(5)25(12-13-26(22)31)19(2)17-28-32(15-16-32)21(4)30(35)36-28/h10-11,19,24-29,33-34H,3-4,6-9,12-18H2,1-2,5H3/b22-10+,23-11-/t19-,24+,25-,26+,27-,28+,29-,31-/m1/s1. The normalized spacial score (nSPS) is 42.8. The molecule has 0 amide bonds. The third-order valence-corrected chi connectivity index (χ3v) is 11.0. The molecular formula is C32H46O4. The number of carbonyl (C=O) groups excluding carboxylic acids is 1. The van der Waals surface area contributed by atoms with E-state index < -0.39 is 12.2 Å². The highest BCUT2D eigenvalue weighted by Gasteiger charge is 2.61. The first-order valence-electron chi connectivity index (χ1n) is 14.5. The fourth-order valence-electron chi connectivity index (χ4n) is 8.69. The molecule has 4 aliphatic carbocycles. The second kappa shape index (κ2) is 9.58. The van der Waals surface area contributed by atoms with Gasteiger partial charge in [0, 0.05) is 16.9 Å². The number of cyclic esters (lactones) is 1. The fourth-order valence-corrected chi connectivity index (χ4v) is 8.69. The summed E-state index contributed by atoms with van der Waals surface area (Å²) < 4.78 is 5.82. The van der Waals surface area contributed by atoms with Crippen molar-refractivity contribution in [1.82, 2.24) is 0 Å². The van der Waals surface area contributed by atoms with Crippen LogP contribution in [0.25, 0.3) is 0 Å². The van der Waals surface area contributed by atoms with Gasteiger partial charge in [-0.25, -0.2) is 4.79 Å². The van der Waals surface area contributed by atoms with Crippen molar-refractivity contribution < 1.29 is 19.7 Å². The number of fused-ring (bicyclic) bond motifs is 1. The molecule has 1 heterocycles. The van der Waals surface area contributed by atoms with Crippen LogP contribution >= 0.6 is 0 Å². The number of hydrogen-bond acceptors (Lipinski definition) is 4. The highest BCUT2D eigenvalue weighted by molar-refractivity contribution is 5.93. The first-order valence-corrected chi connectivity index (χ1v) is 14.5. The van der Waals surface area contributed by atoms with Crippen molar-refractivity contribution in [2.75, 3.05) is 0 Å². The van der Waals surface area contributed by atoms with Gasteiger partial charge in [-0.1, -0.05) is 58.1 Å². The molecular weight excluding hydrogens is 448 g/mol. The van der Waals surface area contributed by atoms with E-state index in [2.05, 4.69) is 46.1 Å². The van der Waals surface area contributed by atoms with Crippen molar-refractivity contribution in [3.05, 3.63) is 47.6 Å². The zero-order chi connectivity index (χ0) is 25.8. The van der Waals surface area contributed by atoms with Gasteiger partial charge in [-0.05, 0) is 98.5 Å². The Kier molecular flexibility index (Phi) is 6.91. The third-order valence-electron chi connectivity index (χ3n) is 11.0. The zero-order valence-electron chi connectivity index (χ0n) is 22.6. The van der Waals surface area contributed by atoms with Crippen LogP contribution in [-0.4, -0.2) is 34.5 Å². The van der Waals surface area contributed by atoms with Crippen LogP contribution in [0.4, 0.5) is 0 Å². The number of rotatable bonds is 6. The van der Waals surface area contributed by atoms with Crippen LogP contribution in [0.2, 0.25) is 0 Å². The van der Waals surface area contributed by atoms with Crippen molar-refractivity contribution in [2.45, 2.75) is 110 Å². The zero-order valence-corrected chi connectivity index (χ0v) is 22.6. The lowest BCUT2D eigenvalue weighted by Crippen LogP contribution is -2.38. The van der Waals surface area contributed by atoms with E-state index in [4.69, 9.17) is 4.74 Å². The minimum Gasteiger partial charge on any atom is -0.458 e. The largest absolute Gasteiger partial charge is 0.458 e. The van der Waals surface area contributed by atoms with Gasteiger partial charge in [-0.15, -0.1) is 0 Å². The predicted molar refractivity (Wildman–Crippen MR) is 143 cm³/mol. The molecule has 4 saturated carbocycles. The molecule has 36 heavy (non-hydrogen) atoms. The molecule has 1 aliphatic heterocycles. The van der Waals surface area contributed by atoms with Crippen molar-refractivity contribution in [1.29, 1.82) is 0 Å². The summed E-state index contributed by atoms with van der Waals surface area (Å²) in [6.07, 6.45) is 14.8. The Morgan fingerprint density at radius 2 is 1.92 bits per heavy atom. The van der Waals surface area contributed by atoms with E-state index in [0.29, 0.717) is 29.7 Å². The number of aliphatic hydroxyl groups is 2. The number of esters is 1. The van der Waals surface area contributed by atoms with Gasteiger partial charge in [-0.2, -0.15) is 0 Å². The van der Waals surface area contributed by atoms with E-state index >= 15 is 0 Å². The Balaban J connectivity index is 1.30. The summed E-state index contributed by atoms with van der Waals surface area (Å²) in [4.78, 5) is 12.2. The van der Waals surface area contributed by atoms with Crippen LogP contribution in [0.3, 0.4) is 0 Å². The molecule has 0 unspecified atom stereocenters. The Bertz CT molecular complexity index is 984. The number of ether oxygens (including phenoxy) is 1. The molecule has 198 valence electrons. The molecule has 5 fully saturated rings. The Hall–Kier alpha value is -1.65. The van der Waals surface area contributed by atoms with Gasteiger partial charge in [0.15, 0.2) is 0 Å². The second-order valence-electron chi connectivity index (χ2n) is 13.0. The minimum absolute atomic E-state index is 0.0187. The van der Waals surface area contributed by atoms with Gasteiger partial charge < -0.3 is 14.9 Å². The monoisotopic (exact) mass is 494 g/mol. The lowest BCUT2D eigenvalue weighted by molar-refractivity contribution is -0.140. The van der Waals surface area contributed by atoms with Gasteiger partial charge in [-0.3, -0.25) is 0 Å². The van der Waals surface area contributed by atoms with E-state index in [9.17, 15) is 15.0 Å². The third kappa shape index (κ3) is 4.17. The maximum atomic E-state index is 12.2. The smallest absolute Gasteiger partial charge is 0.334 e. The molecule has 1 spiro atoms. The summed E-state index contributed by atoms with van der Waals surface area (Å²) in [7, 11) is 0. The van der Waals surface area contributed by atoms with Crippen LogP contribution in [0.1, 0.15) is 91.4 Å². The summed E-state index contributed by atoms with van der Waals surface area (Å²) in [5.74, 6) is 1.44. The highest BCUT2D eigenvalue weighted by Crippen LogP contribution is 2.63. The van der Waals surface area contributed by atoms with Crippen molar-refractivity contribution >= 4 is 5.97 Å². The molecule has 1 saturated heterocycles. The lowest BCUT2D eigenvalue weighted by Gasteiger charge is -2.45. The van der Waals surface area contributed by atoms with Crippen LogP contribution < -0.4 is 0 Å². The molecule has 5 rings (SSSR count). The van der Waals surface area contributed by atoms with Crippen LogP contribution in [0, 0.1) is 34.5 Å². The molecule has 4 heteroatoms. The van der Waals surface area contributed by atoms with Crippen LogP contribution in [-0.2, 0) is 9.53 Å². The first-order chi connectivity index (χ1) is 17.1. The molecule has 0 aromatic rings. The molecule has 8 atom stereocenters. The number of allylic oxidation sites excluding steroid dienone is 3. The molecule has 5 aliphatic rings. The topological polar surface area (TPSA) is 66.8 Å². The number of aliphatic hydroxyl groups excluding tert-OH is 2. The Labute approximate surface area is 217 Å². The van der Waals surface area contributed by atoms with Gasteiger partial charge in [0.1, 0.15) is 6.10 Å². The maximum absolute atomic E-state index is 12.2. The van der Waals surface area contributed by atoms with Crippen LogP contribution in [0.15, 0.2) is 47.6 Å². The Morgan fingerprint density at radius 1 is 1.17 bits per heavy atom. The van der Waals surface area contributed by atoms with E-state index in [1.165, 1.54) is 31.3 Å². The van der Waals surface area contributed by atoms with Crippen molar-refractivity contribution in [3.8, 4) is 0 Å². The summed E-state index contributed by atoms with van der Waals surface area (Å²) in [6, 6.07) is 0. The summed E-state index contributed by atoms with van der Waals surface area (Å²) >= 11 is 0. The lowest BCUT2D eigenvalue weighted by atomic mass is 9.60. The summed E-state index contributed by atoms with van der Waals surface area (Å²) in [5.41, 5.74) is 4.25. The predicted octanol–water partition coefficient (Wildman–Crippen LogP) is 6.44. The summed E-state index contributed by atoms with van der Waals surface area (Å²) in [5, 5.41) is 21.4. The quantitative estimate of drug-likeness (QED) is 0.329. The van der Waals surface area contributed by atoms with E-state index in [1.54, 1.807) is 0 Å². The molecule has 2 N–H and O–H groups in total. The average Bonchev–Trinajstić information content (AvgIpc) is 3.52. The molecule has 0 aromatic heterocycles. The first kappa shape index (κ1) is 26.0. The number of carbonyl (C=O) groups is 1. The van der Waals surface area contributed by atoms with Crippen LogP contribution in [0.5, 0.6) is 0 Å². The molecule has 0 aromatic carbocycles. The van der Waals surface area contributed by atoms with Crippen molar-refractivity contribution in [2.24, 2.45) is 34.5 Å². The second-order valence-corrected chi connectivity index (χ2v) is 13.0.